The summed E-state index contributed by atoms with van der Waals surface area (Å²) < 4.78 is 10.6. The highest BCUT2D eigenvalue weighted by Gasteiger charge is 2.16. The van der Waals surface area contributed by atoms with Crippen molar-refractivity contribution in [3.05, 3.63) is 84.1 Å². The van der Waals surface area contributed by atoms with Gasteiger partial charge in [-0.05, 0) is 36.8 Å². The number of hydrogen-bond donors (Lipinski definition) is 2. The summed E-state index contributed by atoms with van der Waals surface area (Å²) >= 11 is 0. The molecule has 28 heavy (non-hydrogen) atoms. The van der Waals surface area contributed by atoms with E-state index in [0.29, 0.717) is 18.7 Å². The van der Waals surface area contributed by atoms with Crippen LogP contribution >= 0.6 is 0 Å². The number of aromatic nitrogens is 1. The summed E-state index contributed by atoms with van der Waals surface area (Å²) in [6, 6.07) is 12.2. The molecule has 3 aromatic rings. The lowest BCUT2D eigenvalue weighted by Gasteiger charge is -2.14. The zero-order valence-electron chi connectivity index (χ0n) is 15.4. The molecular formula is C21H21N3O4. The van der Waals surface area contributed by atoms with E-state index >= 15 is 0 Å². The van der Waals surface area contributed by atoms with Crippen LogP contribution in [0.15, 0.2) is 71.8 Å². The number of carbonyl (C=O) groups is 2. The molecule has 0 aliphatic carbocycles. The molecule has 0 saturated carbocycles. The molecule has 2 N–H and O–H groups in total. The van der Waals surface area contributed by atoms with Gasteiger partial charge in [-0.2, -0.15) is 0 Å². The van der Waals surface area contributed by atoms with Crippen LogP contribution in [0.2, 0.25) is 0 Å². The minimum absolute atomic E-state index is 0.270. The summed E-state index contributed by atoms with van der Waals surface area (Å²) in [5, 5.41) is 5.42. The van der Waals surface area contributed by atoms with Crippen LogP contribution in [-0.4, -0.2) is 22.8 Å². The number of rotatable bonds is 8. The predicted molar refractivity (Wildman–Crippen MR) is 102 cm³/mol. The Hall–Kier alpha value is -3.61. The van der Waals surface area contributed by atoms with Gasteiger partial charge < -0.3 is 19.8 Å². The second-order valence-corrected chi connectivity index (χ2v) is 6.22. The summed E-state index contributed by atoms with van der Waals surface area (Å²) in [4.78, 5) is 28.1. The minimum atomic E-state index is -0.663. The first-order valence-corrected chi connectivity index (χ1v) is 8.83. The predicted octanol–water partition coefficient (Wildman–Crippen LogP) is 2.69. The van der Waals surface area contributed by atoms with Gasteiger partial charge in [-0.1, -0.05) is 18.2 Å². The lowest BCUT2D eigenvalue weighted by atomic mass is 10.2. The van der Waals surface area contributed by atoms with E-state index in [2.05, 4.69) is 15.6 Å². The SMILES string of the molecule is CC(NC(=O)c1ccoc1)C(=O)NCc1ccc(OCc2cccnc2)cc1. The first-order chi connectivity index (χ1) is 13.6. The quantitative estimate of drug-likeness (QED) is 0.628. The lowest BCUT2D eigenvalue weighted by molar-refractivity contribution is -0.122. The monoisotopic (exact) mass is 379 g/mol. The molecule has 2 aromatic heterocycles. The summed E-state index contributed by atoms with van der Waals surface area (Å²) in [6.45, 7) is 2.42. The Balaban J connectivity index is 1.43. The number of nitrogens with one attached hydrogen (secondary N) is 2. The largest absolute Gasteiger partial charge is 0.489 e. The Morgan fingerprint density at radius 2 is 1.96 bits per heavy atom. The Morgan fingerprint density at radius 3 is 2.64 bits per heavy atom. The topological polar surface area (TPSA) is 93.5 Å². The molecule has 0 aliphatic rings. The fourth-order valence-electron chi connectivity index (χ4n) is 2.44. The van der Waals surface area contributed by atoms with E-state index in [-0.39, 0.29) is 11.8 Å². The Morgan fingerprint density at radius 1 is 1.14 bits per heavy atom. The van der Waals surface area contributed by atoms with Crippen LogP contribution in [0.4, 0.5) is 0 Å². The van der Waals surface area contributed by atoms with Crippen LogP contribution < -0.4 is 15.4 Å². The Labute approximate surface area is 162 Å². The average molecular weight is 379 g/mol. The molecule has 1 aromatic carbocycles. The van der Waals surface area contributed by atoms with Crippen molar-refractivity contribution in [1.29, 1.82) is 0 Å². The van der Waals surface area contributed by atoms with E-state index in [1.807, 2.05) is 36.4 Å². The number of benzene rings is 1. The number of furan rings is 1. The van der Waals surface area contributed by atoms with Crippen molar-refractivity contribution in [3.63, 3.8) is 0 Å². The molecule has 3 rings (SSSR count). The van der Waals surface area contributed by atoms with Gasteiger partial charge in [-0.15, -0.1) is 0 Å². The van der Waals surface area contributed by atoms with Crippen LogP contribution in [0.3, 0.4) is 0 Å². The van der Waals surface area contributed by atoms with Crippen molar-refractivity contribution in [2.24, 2.45) is 0 Å². The first-order valence-electron chi connectivity index (χ1n) is 8.83. The fraction of sp³-hybridized carbons (Fsp3) is 0.190. The molecule has 2 amide bonds. The maximum absolute atomic E-state index is 12.2. The fourth-order valence-corrected chi connectivity index (χ4v) is 2.44. The summed E-state index contributed by atoms with van der Waals surface area (Å²) in [5.74, 6) is 0.111. The van der Waals surface area contributed by atoms with Gasteiger partial charge in [0.2, 0.25) is 5.91 Å². The van der Waals surface area contributed by atoms with Crippen LogP contribution in [0.25, 0.3) is 0 Å². The molecule has 0 aliphatic heterocycles. The number of amides is 2. The molecule has 0 saturated heterocycles. The molecule has 0 radical (unpaired) electrons. The van der Waals surface area contributed by atoms with Crippen LogP contribution in [0.5, 0.6) is 5.75 Å². The minimum Gasteiger partial charge on any atom is -0.489 e. The number of carbonyl (C=O) groups excluding carboxylic acids is 2. The molecule has 0 spiro atoms. The molecule has 2 heterocycles. The number of ether oxygens (including phenoxy) is 1. The molecule has 0 bridgehead atoms. The summed E-state index contributed by atoms with van der Waals surface area (Å²) in [6.07, 6.45) is 6.22. The van der Waals surface area contributed by atoms with Gasteiger partial charge in [0.05, 0.1) is 11.8 Å². The third kappa shape index (κ3) is 5.44. The van der Waals surface area contributed by atoms with Gasteiger partial charge in [0.25, 0.3) is 5.91 Å². The van der Waals surface area contributed by atoms with E-state index in [0.717, 1.165) is 16.9 Å². The zero-order valence-corrected chi connectivity index (χ0v) is 15.4. The third-order valence-electron chi connectivity index (χ3n) is 4.04. The van der Waals surface area contributed by atoms with Crippen molar-refractivity contribution in [3.8, 4) is 5.75 Å². The molecule has 7 nitrogen and oxygen atoms in total. The molecular weight excluding hydrogens is 358 g/mol. The van der Waals surface area contributed by atoms with E-state index < -0.39 is 6.04 Å². The molecule has 7 heteroatoms. The van der Waals surface area contributed by atoms with Gasteiger partial charge >= 0.3 is 0 Å². The van der Waals surface area contributed by atoms with Gasteiger partial charge in [0.1, 0.15) is 24.7 Å². The van der Waals surface area contributed by atoms with Crippen molar-refractivity contribution < 1.29 is 18.7 Å². The molecule has 1 atom stereocenters. The van der Waals surface area contributed by atoms with E-state index in [9.17, 15) is 9.59 Å². The van der Waals surface area contributed by atoms with Crippen LogP contribution in [-0.2, 0) is 17.9 Å². The van der Waals surface area contributed by atoms with Crippen LogP contribution in [0, 0.1) is 0 Å². The van der Waals surface area contributed by atoms with Crippen molar-refractivity contribution >= 4 is 11.8 Å². The van der Waals surface area contributed by atoms with Crippen molar-refractivity contribution in [2.45, 2.75) is 26.1 Å². The van der Waals surface area contributed by atoms with Crippen LogP contribution in [0.1, 0.15) is 28.4 Å². The van der Waals surface area contributed by atoms with Gasteiger partial charge in [-0.3, -0.25) is 14.6 Å². The Bertz CT molecular complexity index is 893. The molecule has 0 fully saturated rings. The third-order valence-corrected chi connectivity index (χ3v) is 4.04. The maximum Gasteiger partial charge on any atom is 0.255 e. The highest BCUT2D eigenvalue weighted by Crippen LogP contribution is 2.14. The smallest absolute Gasteiger partial charge is 0.255 e. The molecule has 144 valence electrons. The van der Waals surface area contributed by atoms with Crippen molar-refractivity contribution in [1.82, 2.24) is 15.6 Å². The molecule has 1 unspecified atom stereocenters. The highest BCUT2D eigenvalue weighted by molar-refractivity contribution is 5.97. The highest BCUT2D eigenvalue weighted by atomic mass is 16.5. The zero-order chi connectivity index (χ0) is 19.8. The van der Waals surface area contributed by atoms with Gasteiger partial charge in [0.15, 0.2) is 0 Å². The second kappa shape index (κ2) is 9.36. The Kier molecular flexibility index (Phi) is 6.41. The normalized spacial score (nSPS) is 11.5. The maximum atomic E-state index is 12.2. The van der Waals surface area contributed by atoms with Gasteiger partial charge in [-0.25, -0.2) is 0 Å². The lowest BCUT2D eigenvalue weighted by Crippen LogP contribution is -2.44. The van der Waals surface area contributed by atoms with E-state index in [1.54, 1.807) is 19.3 Å². The first kappa shape index (κ1) is 19.2. The average Bonchev–Trinajstić information content (AvgIpc) is 3.27. The second-order valence-electron chi connectivity index (χ2n) is 6.22. The van der Waals surface area contributed by atoms with Crippen molar-refractivity contribution in [2.75, 3.05) is 0 Å². The number of nitrogens with zero attached hydrogens (tertiary/aromatic N) is 1. The standard InChI is InChI=1S/C21H21N3O4/c1-15(24-21(26)18-8-10-27-14-18)20(25)23-12-16-4-6-19(7-5-16)28-13-17-3-2-9-22-11-17/h2-11,14-15H,12-13H2,1H3,(H,23,25)(H,24,26). The number of pyridine rings is 1. The number of hydrogen-bond acceptors (Lipinski definition) is 5. The van der Waals surface area contributed by atoms with Gasteiger partial charge in [0, 0.05) is 24.5 Å². The van der Waals surface area contributed by atoms with E-state index in [1.165, 1.54) is 18.6 Å². The summed E-state index contributed by atoms with van der Waals surface area (Å²) in [7, 11) is 0. The van der Waals surface area contributed by atoms with E-state index in [4.69, 9.17) is 9.15 Å². The summed E-state index contributed by atoms with van der Waals surface area (Å²) in [5.41, 5.74) is 2.29.